The Kier molecular flexibility index (Phi) is 4.03. The Morgan fingerprint density at radius 3 is 2.72 bits per heavy atom. The van der Waals surface area contributed by atoms with Gasteiger partial charge in [0.25, 0.3) is 0 Å². The second kappa shape index (κ2) is 5.71. The summed E-state index contributed by atoms with van der Waals surface area (Å²) in [6.45, 7) is 5.26. The van der Waals surface area contributed by atoms with Gasteiger partial charge in [-0.15, -0.1) is 0 Å². The number of hydrogen-bond donors (Lipinski definition) is 1. The molecule has 18 heavy (non-hydrogen) atoms. The lowest BCUT2D eigenvalue weighted by atomic mass is 10.1. The largest absolute Gasteiger partial charge is 0.369 e. The van der Waals surface area contributed by atoms with Gasteiger partial charge >= 0.3 is 0 Å². The van der Waals surface area contributed by atoms with Gasteiger partial charge < -0.3 is 10.3 Å². The van der Waals surface area contributed by atoms with Crippen LogP contribution >= 0.6 is 0 Å². The van der Waals surface area contributed by atoms with Crippen molar-refractivity contribution in [3.05, 3.63) is 36.0 Å². The molecule has 1 aromatic carbocycles. The number of nitrogens with two attached hydrogens (primary N) is 1. The summed E-state index contributed by atoms with van der Waals surface area (Å²) in [7, 11) is 0. The fraction of sp³-hybridized carbons (Fsp3) is 0.400. The normalized spacial score (nSPS) is 10.8. The van der Waals surface area contributed by atoms with Gasteiger partial charge in [0.05, 0.1) is 5.69 Å². The number of anilines is 1. The van der Waals surface area contributed by atoms with Gasteiger partial charge in [0.1, 0.15) is 0 Å². The van der Waals surface area contributed by atoms with Crippen LogP contribution < -0.4 is 5.73 Å². The van der Waals surface area contributed by atoms with Crippen LogP contribution in [-0.4, -0.2) is 9.55 Å². The zero-order valence-electron chi connectivity index (χ0n) is 11.2. The van der Waals surface area contributed by atoms with Gasteiger partial charge in [0.2, 0.25) is 5.95 Å². The number of imidazole rings is 1. The molecule has 2 N–H and O–H groups in total. The molecule has 2 aromatic rings. The van der Waals surface area contributed by atoms with Crippen LogP contribution in [0.2, 0.25) is 0 Å². The number of nitrogens with zero attached hydrogens (tertiary/aromatic N) is 2. The molecule has 0 saturated heterocycles. The van der Waals surface area contributed by atoms with Crippen LogP contribution in [0.25, 0.3) is 11.3 Å². The lowest BCUT2D eigenvalue weighted by Gasteiger charge is -2.02. The first-order valence-electron chi connectivity index (χ1n) is 6.61. The second-order valence-electron chi connectivity index (χ2n) is 4.70. The van der Waals surface area contributed by atoms with Crippen molar-refractivity contribution >= 4 is 5.95 Å². The van der Waals surface area contributed by atoms with Gasteiger partial charge in [-0.1, -0.05) is 44.0 Å². The molecule has 0 aliphatic carbocycles. The van der Waals surface area contributed by atoms with Crippen molar-refractivity contribution in [2.75, 3.05) is 5.73 Å². The highest BCUT2D eigenvalue weighted by molar-refractivity contribution is 5.64. The van der Waals surface area contributed by atoms with Gasteiger partial charge in [0.15, 0.2) is 0 Å². The van der Waals surface area contributed by atoms with Crippen molar-refractivity contribution in [3.8, 4) is 11.3 Å². The highest BCUT2D eigenvalue weighted by Crippen LogP contribution is 2.23. The van der Waals surface area contributed by atoms with Crippen LogP contribution in [0.4, 0.5) is 5.95 Å². The highest BCUT2D eigenvalue weighted by atomic mass is 15.1. The number of aryl methyl sites for hydroxylation is 2. The van der Waals surface area contributed by atoms with Gasteiger partial charge in [-0.25, -0.2) is 4.98 Å². The minimum atomic E-state index is 0.615. The van der Waals surface area contributed by atoms with Gasteiger partial charge in [0, 0.05) is 18.3 Å². The Bertz CT molecular complexity index is 514. The molecule has 0 atom stereocenters. The van der Waals surface area contributed by atoms with Gasteiger partial charge in [-0.2, -0.15) is 0 Å². The maximum absolute atomic E-state index is 5.96. The molecule has 2 rings (SSSR count). The quantitative estimate of drug-likeness (QED) is 0.815. The van der Waals surface area contributed by atoms with Crippen LogP contribution in [0.3, 0.4) is 0 Å². The van der Waals surface area contributed by atoms with Gasteiger partial charge in [-0.05, 0) is 18.9 Å². The molecule has 3 heteroatoms. The van der Waals surface area contributed by atoms with Crippen LogP contribution in [-0.2, 0) is 6.54 Å². The molecule has 0 unspecified atom stereocenters. The number of nitrogen functional groups attached to an aromatic ring is 1. The first kappa shape index (κ1) is 12.7. The number of unbranched alkanes of at least 4 members (excludes halogenated alkanes) is 2. The summed E-state index contributed by atoms with van der Waals surface area (Å²) in [5, 5.41) is 0. The van der Waals surface area contributed by atoms with Crippen molar-refractivity contribution in [2.24, 2.45) is 0 Å². The predicted molar refractivity (Wildman–Crippen MR) is 76.3 cm³/mol. The summed E-state index contributed by atoms with van der Waals surface area (Å²) in [5.41, 5.74) is 9.33. The zero-order chi connectivity index (χ0) is 13.0. The van der Waals surface area contributed by atoms with E-state index in [4.69, 9.17) is 5.73 Å². The molecule has 0 aliphatic rings. The molecule has 0 spiro atoms. The summed E-state index contributed by atoms with van der Waals surface area (Å²) < 4.78 is 2.05. The van der Waals surface area contributed by atoms with E-state index < -0.39 is 0 Å². The summed E-state index contributed by atoms with van der Waals surface area (Å²) in [5.74, 6) is 0.615. The Morgan fingerprint density at radius 2 is 2.00 bits per heavy atom. The summed E-state index contributed by atoms with van der Waals surface area (Å²) in [6.07, 6.45) is 5.67. The van der Waals surface area contributed by atoms with E-state index in [1.165, 1.54) is 24.0 Å². The van der Waals surface area contributed by atoms with Crippen molar-refractivity contribution in [3.63, 3.8) is 0 Å². The zero-order valence-corrected chi connectivity index (χ0v) is 11.2. The average Bonchev–Trinajstić information content (AvgIpc) is 2.72. The molecule has 96 valence electrons. The minimum absolute atomic E-state index is 0.615. The molecule has 1 aromatic heterocycles. The maximum atomic E-state index is 5.96. The molecular weight excluding hydrogens is 222 g/mol. The fourth-order valence-electron chi connectivity index (χ4n) is 2.13. The summed E-state index contributed by atoms with van der Waals surface area (Å²) in [4.78, 5) is 4.46. The Balaban J connectivity index is 2.21. The van der Waals surface area contributed by atoms with E-state index in [1.807, 2.05) is 12.1 Å². The van der Waals surface area contributed by atoms with Crippen molar-refractivity contribution in [1.82, 2.24) is 9.55 Å². The molecule has 0 aliphatic heterocycles. The van der Waals surface area contributed by atoms with Crippen LogP contribution in [0.15, 0.2) is 30.5 Å². The highest BCUT2D eigenvalue weighted by Gasteiger charge is 2.08. The van der Waals surface area contributed by atoms with Crippen LogP contribution in [0.1, 0.15) is 31.7 Å². The Hall–Kier alpha value is -1.77. The van der Waals surface area contributed by atoms with E-state index >= 15 is 0 Å². The Morgan fingerprint density at radius 1 is 1.22 bits per heavy atom. The smallest absolute Gasteiger partial charge is 0.200 e. The van der Waals surface area contributed by atoms with E-state index in [0.717, 1.165) is 18.7 Å². The molecule has 0 amide bonds. The van der Waals surface area contributed by atoms with Crippen molar-refractivity contribution in [2.45, 2.75) is 39.7 Å². The lowest BCUT2D eigenvalue weighted by Crippen LogP contribution is -2.02. The number of rotatable bonds is 5. The third-order valence-corrected chi connectivity index (χ3v) is 3.23. The van der Waals surface area contributed by atoms with Crippen LogP contribution in [0, 0.1) is 6.92 Å². The molecule has 0 bridgehead atoms. The van der Waals surface area contributed by atoms with E-state index in [9.17, 15) is 0 Å². The van der Waals surface area contributed by atoms with Gasteiger partial charge in [-0.3, -0.25) is 0 Å². The first-order chi connectivity index (χ1) is 8.72. The van der Waals surface area contributed by atoms with Crippen LogP contribution in [0.5, 0.6) is 0 Å². The maximum Gasteiger partial charge on any atom is 0.200 e. The second-order valence-corrected chi connectivity index (χ2v) is 4.70. The lowest BCUT2D eigenvalue weighted by molar-refractivity contribution is 0.608. The number of aromatic nitrogens is 2. The third-order valence-electron chi connectivity index (χ3n) is 3.23. The van der Waals surface area contributed by atoms with Crippen molar-refractivity contribution in [1.29, 1.82) is 0 Å². The summed E-state index contributed by atoms with van der Waals surface area (Å²) in [6, 6.07) is 8.27. The SMILES string of the molecule is CCCCCn1cc(-c2ccccc2C)nc1N. The molecular formula is C15H21N3. The first-order valence-corrected chi connectivity index (χ1v) is 6.61. The monoisotopic (exact) mass is 243 g/mol. The molecule has 3 nitrogen and oxygen atoms in total. The number of benzene rings is 1. The topological polar surface area (TPSA) is 43.8 Å². The molecule has 0 saturated carbocycles. The van der Waals surface area contributed by atoms with E-state index in [2.05, 4.69) is 41.7 Å². The predicted octanol–water partition coefficient (Wildman–Crippen LogP) is 3.63. The minimum Gasteiger partial charge on any atom is -0.369 e. The molecule has 1 heterocycles. The third kappa shape index (κ3) is 2.73. The van der Waals surface area contributed by atoms with Crippen molar-refractivity contribution < 1.29 is 0 Å². The Labute approximate surface area is 109 Å². The standard InChI is InChI=1S/C15H21N3/c1-3-4-7-10-18-11-14(17-15(18)16)13-9-6-5-8-12(13)2/h5-6,8-9,11H,3-4,7,10H2,1-2H3,(H2,16,17). The van der Waals surface area contributed by atoms with E-state index in [1.54, 1.807) is 0 Å². The van der Waals surface area contributed by atoms with E-state index in [0.29, 0.717) is 5.95 Å². The van der Waals surface area contributed by atoms with E-state index in [-0.39, 0.29) is 0 Å². The molecule has 0 fully saturated rings. The molecule has 0 radical (unpaired) electrons. The summed E-state index contributed by atoms with van der Waals surface area (Å²) >= 11 is 0. The number of hydrogen-bond acceptors (Lipinski definition) is 2. The average molecular weight is 243 g/mol. The fourth-order valence-corrected chi connectivity index (χ4v) is 2.13.